The zero-order valence-corrected chi connectivity index (χ0v) is 14.9. The predicted molar refractivity (Wildman–Crippen MR) is 95.3 cm³/mol. The molecule has 1 fully saturated rings. The van der Waals surface area contributed by atoms with Crippen LogP contribution in [0.2, 0.25) is 0 Å². The molecule has 1 saturated heterocycles. The van der Waals surface area contributed by atoms with E-state index < -0.39 is 0 Å². The minimum atomic E-state index is 0.109. The molecule has 0 spiro atoms. The monoisotopic (exact) mass is 337 g/mol. The number of aryl methyl sites for hydroxylation is 1. The largest absolute Gasteiger partial charge is 0.303 e. The van der Waals surface area contributed by atoms with Gasteiger partial charge in [0.1, 0.15) is 4.83 Å². The number of rotatable bonds is 5. The molecular formula is C16H23N3OS2. The van der Waals surface area contributed by atoms with Gasteiger partial charge in [0.25, 0.3) is 5.56 Å². The molecule has 2 aromatic heterocycles. The third-order valence-electron chi connectivity index (χ3n) is 4.14. The molecule has 1 aliphatic heterocycles. The van der Waals surface area contributed by atoms with E-state index in [1.807, 2.05) is 24.5 Å². The third kappa shape index (κ3) is 3.39. The zero-order chi connectivity index (χ0) is 15.5. The van der Waals surface area contributed by atoms with Crippen molar-refractivity contribution >= 4 is 33.3 Å². The predicted octanol–water partition coefficient (Wildman–Crippen LogP) is 3.36. The van der Waals surface area contributed by atoms with E-state index >= 15 is 0 Å². The summed E-state index contributed by atoms with van der Waals surface area (Å²) in [5.74, 6) is 1.00. The van der Waals surface area contributed by atoms with Crippen molar-refractivity contribution in [1.29, 1.82) is 0 Å². The molecular weight excluding hydrogens is 314 g/mol. The summed E-state index contributed by atoms with van der Waals surface area (Å²) in [5.41, 5.74) is 0.109. The first-order valence-electron chi connectivity index (χ1n) is 8.05. The molecule has 3 heterocycles. The van der Waals surface area contributed by atoms with Gasteiger partial charge in [-0.05, 0) is 45.8 Å². The van der Waals surface area contributed by atoms with Crippen LogP contribution < -0.4 is 5.56 Å². The molecule has 6 heteroatoms. The Morgan fingerprint density at radius 1 is 1.32 bits per heavy atom. The SMILES string of the molecule is CCn1c(SCCN2CCCCC2)nc2sc(C)cc2c1=O. The van der Waals surface area contributed by atoms with Gasteiger partial charge in [0.2, 0.25) is 0 Å². The number of thioether (sulfide) groups is 1. The fourth-order valence-electron chi connectivity index (χ4n) is 2.96. The molecule has 0 aromatic carbocycles. The second kappa shape index (κ2) is 7.15. The van der Waals surface area contributed by atoms with Gasteiger partial charge in [-0.25, -0.2) is 4.98 Å². The van der Waals surface area contributed by atoms with Crippen LogP contribution in [0.4, 0.5) is 0 Å². The molecule has 0 atom stereocenters. The topological polar surface area (TPSA) is 38.1 Å². The van der Waals surface area contributed by atoms with Crippen molar-refractivity contribution in [2.75, 3.05) is 25.4 Å². The lowest BCUT2D eigenvalue weighted by molar-refractivity contribution is 0.242. The highest BCUT2D eigenvalue weighted by molar-refractivity contribution is 7.99. The third-order valence-corrected chi connectivity index (χ3v) is 6.04. The molecule has 0 radical (unpaired) electrons. The molecule has 0 N–H and O–H groups in total. The van der Waals surface area contributed by atoms with Crippen molar-refractivity contribution in [3.05, 3.63) is 21.3 Å². The van der Waals surface area contributed by atoms with Gasteiger partial charge in [-0.15, -0.1) is 11.3 Å². The quantitative estimate of drug-likeness (QED) is 0.619. The fourth-order valence-corrected chi connectivity index (χ4v) is 4.94. The van der Waals surface area contributed by atoms with E-state index in [0.717, 1.165) is 32.5 Å². The summed E-state index contributed by atoms with van der Waals surface area (Å²) < 4.78 is 1.81. The lowest BCUT2D eigenvalue weighted by atomic mass is 10.1. The molecule has 4 nitrogen and oxygen atoms in total. The summed E-state index contributed by atoms with van der Waals surface area (Å²) >= 11 is 3.33. The molecule has 0 saturated carbocycles. The summed E-state index contributed by atoms with van der Waals surface area (Å²) in [6.45, 7) is 8.26. The van der Waals surface area contributed by atoms with Crippen molar-refractivity contribution in [3.63, 3.8) is 0 Å². The van der Waals surface area contributed by atoms with Gasteiger partial charge in [0, 0.05) is 23.7 Å². The molecule has 22 heavy (non-hydrogen) atoms. The highest BCUT2D eigenvalue weighted by atomic mass is 32.2. The van der Waals surface area contributed by atoms with Crippen LogP contribution in [0.3, 0.4) is 0 Å². The first-order valence-corrected chi connectivity index (χ1v) is 9.85. The number of piperidine rings is 1. The smallest absolute Gasteiger partial charge is 0.262 e. The second-order valence-electron chi connectivity index (χ2n) is 5.77. The number of nitrogens with zero attached hydrogens (tertiary/aromatic N) is 3. The normalized spacial score (nSPS) is 16.5. The number of hydrogen-bond acceptors (Lipinski definition) is 5. The van der Waals surface area contributed by atoms with E-state index in [1.165, 1.54) is 32.4 Å². The Morgan fingerprint density at radius 3 is 2.82 bits per heavy atom. The molecule has 0 bridgehead atoms. The molecule has 0 aliphatic carbocycles. The fraction of sp³-hybridized carbons (Fsp3) is 0.625. The van der Waals surface area contributed by atoms with Crippen LogP contribution in [-0.2, 0) is 6.54 Å². The molecule has 1 aliphatic rings. The Kier molecular flexibility index (Phi) is 5.21. The van der Waals surface area contributed by atoms with Gasteiger partial charge in [-0.3, -0.25) is 9.36 Å². The maximum Gasteiger partial charge on any atom is 0.262 e. The Labute approximate surface area is 139 Å². The van der Waals surface area contributed by atoms with Gasteiger partial charge in [-0.1, -0.05) is 18.2 Å². The average Bonchev–Trinajstić information content (AvgIpc) is 2.89. The van der Waals surface area contributed by atoms with Crippen LogP contribution in [-0.4, -0.2) is 39.8 Å². The van der Waals surface area contributed by atoms with E-state index in [0.29, 0.717) is 6.54 Å². The maximum atomic E-state index is 12.6. The minimum Gasteiger partial charge on any atom is -0.303 e. The van der Waals surface area contributed by atoms with Crippen molar-refractivity contribution < 1.29 is 0 Å². The molecule has 3 rings (SSSR count). The number of likely N-dealkylation sites (tertiary alicyclic amines) is 1. The van der Waals surface area contributed by atoms with Crippen LogP contribution in [0.5, 0.6) is 0 Å². The van der Waals surface area contributed by atoms with Gasteiger partial charge < -0.3 is 4.90 Å². The number of hydrogen-bond donors (Lipinski definition) is 0. The number of fused-ring (bicyclic) bond motifs is 1. The maximum absolute atomic E-state index is 12.6. The standard InChI is InChI=1S/C16H23N3OS2/c1-3-19-15(20)13-11-12(2)22-14(13)17-16(19)21-10-9-18-7-5-4-6-8-18/h11H,3-10H2,1-2H3. The van der Waals surface area contributed by atoms with Crippen LogP contribution in [0.1, 0.15) is 31.1 Å². The van der Waals surface area contributed by atoms with Crippen molar-refractivity contribution in [3.8, 4) is 0 Å². The summed E-state index contributed by atoms with van der Waals surface area (Å²) in [7, 11) is 0. The van der Waals surface area contributed by atoms with Crippen LogP contribution in [0, 0.1) is 6.92 Å². The van der Waals surface area contributed by atoms with E-state index in [2.05, 4.69) is 4.90 Å². The van der Waals surface area contributed by atoms with Crippen LogP contribution in [0.25, 0.3) is 10.2 Å². The van der Waals surface area contributed by atoms with Gasteiger partial charge >= 0.3 is 0 Å². The highest BCUT2D eigenvalue weighted by Crippen LogP contribution is 2.24. The Morgan fingerprint density at radius 2 is 2.09 bits per heavy atom. The molecule has 0 amide bonds. The van der Waals surface area contributed by atoms with Crippen molar-refractivity contribution in [1.82, 2.24) is 14.5 Å². The minimum absolute atomic E-state index is 0.109. The molecule has 120 valence electrons. The average molecular weight is 338 g/mol. The van der Waals surface area contributed by atoms with E-state index in [-0.39, 0.29) is 5.56 Å². The second-order valence-corrected chi connectivity index (χ2v) is 8.07. The lowest BCUT2D eigenvalue weighted by Gasteiger charge is -2.26. The molecule has 0 unspecified atom stereocenters. The van der Waals surface area contributed by atoms with E-state index in [1.54, 1.807) is 23.1 Å². The van der Waals surface area contributed by atoms with Crippen molar-refractivity contribution in [2.45, 2.75) is 44.8 Å². The summed E-state index contributed by atoms with van der Waals surface area (Å²) in [5, 5.41) is 1.64. The summed E-state index contributed by atoms with van der Waals surface area (Å²) in [6, 6.07) is 1.96. The van der Waals surface area contributed by atoms with E-state index in [4.69, 9.17) is 4.98 Å². The Hall–Kier alpha value is -0.850. The van der Waals surface area contributed by atoms with Crippen LogP contribution >= 0.6 is 23.1 Å². The van der Waals surface area contributed by atoms with Crippen molar-refractivity contribution in [2.24, 2.45) is 0 Å². The first kappa shape index (κ1) is 16.0. The van der Waals surface area contributed by atoms with Gasteiger partial charge in [0.15, 0.2) is 5.16 Å². The van der Waals surface area contributed by atoms with E-state index in [9.17, 15) is 4.79 Å². The Balaban J connectivity index is 1.75. The zero-order valence-electron chi connectivity index (χ0n) is 13.3. The summed E-state index contributed by atoms with van der Waals surface area (Å²) in [4.78, 5) is 21.9. The van der Waals surface area contributed by atoms with Crippen LogP contribution in [0.15, 0.2) is 16.0 Å². The van der Waals surface area contributed by atoms with Gasteiger partial charge in [0.05, 0.1) is 5.39 Å². The number of thiophene rings is 1. The molecule has 2 aromatic rings. The number of aromatic nitrogens is 2. The first-order chi connectivity index (χ1) is 10.7. The van der Waals surface area contributed by atoms with Gasteiger partial charge in [-0.2, -0.15) is 0 Å². The Bertz CT molecular complexity index is 701. The summed E-state index contributed by atoms with van der Waals surface area (Å²) in [6.07, 6.45) is 4.01. The highest BCUT2D eigenvalue weighted by Gasteiger charge is 2.14. The lowest BCUT2D eigenvalue weighted by Crippen LogP contribution is -2.31.